The number of hydrogen-bond donors (Lipinski definition) is 3. The average Bonchev–Trinajstić information content (AvgIpc) is 3.41. The van der Waals surface area contributed by atoms with Crippen LogP contribution in [0.2, 0.25) is 0 Å². The molecule has 0 bridgehead atoms. The second-order valence-corrected chi connectivity index (χ2v) is 6.34. The summed E-state index contributed by atoms with van der Waals surface area (Å²) < 4.78 is 5.68. The SMILES string of the molecule is O=C(O)CNC(=O)C1=C(O)CCN(Cc2ccc(OC3CC3)cc2)C1=O. The topological polar surface area (TPSA) is 116 Å². The molecule has 2 aliphatic rings. The number of carboxylic acid groups (broad SMARTS) is 1. The summed E-state index contributed by atoms with van der Waals surface area (Å²) in [5.41, 5.74) is 0.472. The molecule has 1 saturated carbocycles. The summed E-state index contributed by atoms with van der Waals surface area (Å²) in [6, 6.07) is 7.40. The Hall–Kier alpha value is -3.03. The van der Waals surface area contributed by atoms with Crippen LogP contribution >= 0.6 is 0 Å². The number of nitrogens with zero attached hydrogens (tertiary/aromatic N) is 1. The first-order chi connectivity index (χ1) is 12.4. The van der Waals surface area contributed by atoms with Gasteiger partial charge in [-0.2, -0.15) is 0 Å². The summed E-state index contributed by atoms with van der Waals surface area (Å²) in [5.74, 6) is -2.26. The Morgan fingerprint density at radius 3 is 2.54 bits per heavy atom. The van der Waals surface area contributed by atoms with Crippen molar-refractivity contribution in [2.45, 2.75) is 31.9 Å². The van der Waals surface area contributed by atoms with E-state index in [4.69, 9.17) is 9.84 Å². The average molecular weight is 360 g/mol. The number of ether oxygens (including phenoxy) is 1. The number of carboxylic acids is 1. The molecule has 1 aliphatic carbocycles. The maximum absolute atomic E-state index is 12.5. The number of nitrogens with one attached hydrogen (secondary N) is 1. The molecule has 3 rings (SSSR count). The fourth-order valence-electron chi connectivity index (χ4n) is 2.64. The molecule has 1 fully saturated rings. The van der Waals surface area contributed by atoms with Crippen molar-refractivity contribution in [3.8, 4) is 5.75 Å². The van der Waals surface area contributed by atoms with Crippen molar-refractivity contribution in [2.24, 2.45) is 0 Å². The first kappa shape index (κ1) is 17.8. The predicted molar refractivity (Wildman–Crippen MR) is 90.4 cm³/mol. The molecule has 0 aromatic heterocycles. The number of rotatable bonds is 7. The molecule has 1 aliphatic heterocycles. The maximum atomic E-state index is 12.5. The lowest BCUT2D eigenvalue weighted by Crippen LogP contribution is -2.43. The Labute approximate surface area is 150 Å². The number of carbonyl (C=O) groups excluding carboxylic acids is 2. The van der Waals surface area contributed by atoms with Crippen LogP contribution in [0.15, 0.2) is 35.6 Å². The molecule has 0 radical (unpaired) electrons. The minimum atomic E-state index is -1.23. The van der Waals surface area contributed by atoms with Crippen molar-refractivity contribution < 1.29 is 29.3 Å². The molecular formula is C18H20N2O6. The summed E-state index contributed by atoms with van der Waals surface area (Å²) in [7, 11) is 0. The van der Waals surface area contributed by atoms with Crippen LogP contribution < -0.4 is 10.1 Å². The monoisotopic (exact) mass is 360 g/mol. The molecule has 1 heterocycles. The van der Waals surface area contributed by atoms with Crippen LogP contribution in [0.4, 0.5) is 0 Å². The largest absolute Gasteiger partial charge is 0.511 e. The van der Waals surface area contributed by atoms with Crippen LogP contribution in [0.3, 0.4) is 0 Å². The highest BCUT2D eigenvalue weighted by molar-refractivity contribution is 6.19. The minimum absolute atomic E-state index is 0.143. The van der Waals surface area contributed by atoms with E-state index in [-0.39, 0.29) is 25.3 Å². The highest BCUT2D eigenvalue weighted by Gasteiger charge is 2.32. The van der Waals surface area contributed by atoms with Gasteiger partial charge in [-0.1, -0.05) is 12.1 Å². The third-order valence-corrected chi connectivity index (χ3v) is 4.16. The number of hydrogen-bond acceptors (Lipinski definition) is 5. The second-order valence-electron chi connectivity index (χ2n) is 6.34. The van der Waals surface area contributed by atoms with Gasteiger partial charge in [0.05, 0.1) is 6.10 Å². The van der Waals surface area contributed by atoms with E-state index < -0.39 is 29.9 Å². The Morgan fingerprint density at radius 2 is 1.92 bits per heavy atom. The van der Waals surface area contributed by atoms with Gasteiger partial charge in [0.15, 0.2) is 0 Å². The van der Waals surface area contributed by atoms with Crippen molar-refractivity contribution in [2.75, 3.05) is 13.1 Å². The quantitative estimate of drug-likeness (QED) is 0.624. The van der Waals surface area contributed by atoms with Gasteiger partial charge in [-0.05, 0) is 30.5 Å². The van der Waals surface area contributed by atoms with Crippen LogP contribution in [0.5, 0.6) is 5.75 Å². The Morgan fingerprint density at radius 1 is 1.23 bits per heavy atom. The normalized spacial score (nSPS) is 17.2. The van der Waals surface area contributed by atoms with Crippen molar-refractivity contribution in [3.05, 3.63) is 41.2 Å². The Balaban J connectivity index is 1.64. The number of carbonyl (C=O) groups is 3. The fourth-order valence-corrected chi connectivity index (χ4v) is 2.64. The molecule has 8 heteroatoms. The van der Waals surface area contributed by atoms with E-state index in [2.05, 4.69) is 5.32 Å². The smallest absolute Gasteiger partial charge is 0.322 e. The van der Waals surface area contributed by atoms with Crippen LogP contribution in [-0.2, 0) is 20.9 Å². The molecule has 0 atom stereocenters. The van der Waals surface area contributed by atoms with Gasteiger partial charge in [0.2, 0.25) is 0 Å². The van der Waals surface area contributed by atoms with Gasteiger partial charge < -0.3 is 25.2 Å². The van der Waals surface area contributed by atoms with Crippen LogP contribution in [0, 0.1) is 0 Å². The van der Waals surface area contributed by atoms with E-state index in [1.54, 1.807) is 0 Å². The summed E-state index contributed by atoms with van der Waals surface area (Å²) in [5, 5.41) is 20.6. The summed E-state index contributed by atoms with van der Waals surface area (Å²) in [4.78, 5) is 36.5. The summed E-state index contributed by atoms with van der Waals surface area (Å²) in [6.45, 7) is -0.0580. The molecule has 26 heavy (non-hydrogen) atoms. The number of benzene rings is 1. The number of aliphatic hydroxyl groups excluding tert-OH is 1. The van der Waals surface area contributed by atoms with Crippen molar-refractivity contribution >= 4 is 17.8 Å². The zero-order valence-corrected chi connectivity index (χ0v) is 14.1. The van der Waals surface area contributed by atoms with Crippen LogP contribution in [0.25, 0.3) is 0 Å². The van der Waals surface area contributed by atoms with Gasteiger partial charge in [0, 0.05) is 19.5 Å². The first-order valence-electron chi connectivity index (χ1n) is 8.41. The highest BCUT2D eigenvalue weighted by Crippen LogP contribution is 2.27. The minimum Gasteiger partial charge on any atom is -0.511 e. The molecule has 138 valence electrons. The second kappa shape index (κ2) is 7.47. The standard InChI is InChI=1S/C18H20N2O6/c21-14-7-8-20(18(25)16(14)17(24)19-9-15(22)23)10-11-1-3-12(4-2-11)26-13-5-6-13/h1-4,13,21H,5-10H2,(H,19,24)(H,22,23). The van der Waals surface area contributed by atoms with Crippen LogP contribution in [-0.4, -0.2) is 52.1 Å². The molecule has 0 saturated heterocycles. The molecule has 0 spiro atoms. The number of amides is 2. The maximum Gasteiger partial charge on any atom is 0.322 e. The Kier molecular flexibility index (Phi) is 5.11. The van der Waals surface area contributed by atoms with Crippen molar-refractivity contribution in [1.29, 1.82) is 0 Å². The Bertz CT molecular complexity index is 751. The summed E-state index contributed by atoms with van der Waals surface area (Å²) >= 11 is 0. The van der Waals surface area contributed by atoms with E-state index in [0.717, 1.165) is 24.2 Å². The van der Waals surface area contributed by atoms with E-state index in [1.165, 1.54) is 4.90 Å². The molecule has 0 unspecified atom stereocenters. The number of aliphatic carboxylic acids is 1. The van der Waals surface area contributed by atoms with Crippen molar-refractivity contribution in [3.63, 3.8) is 0 Å². The van der Waals surface area contributed by atoms with Gasteiger partial charge >= 0.3 is 5.97 Å². The van der Waals surface area contributed by atoms with Crippen molar-refractivity contribution in [1.82, 2.24) is 10.2 Å². The van der Waals surface area contributed by atoms with Gasteiger partial charge in [-0.15, -0.1) is 0 Å². The lowest BCUT2D eigenvalue weighted by atomic mass is 10.0. The molecule has 8 nitrogen and oxygen atoms in total. The summed E-state index contributed by atoms with van der Waals surface area (Å²) in [6.07, 6.45) is 2.60. The molecule has 2 amide bonds. The molecule has 1 aromatic rings. The predicted octanol–water partition coefficient (Wildman–Crippen LogP) is 0.973. The lowest BCUT2D eigenvalue weighted by molar-refractivity contribution is -0.138. The third kappa shape index (κ3) is 4.33. The molecular weight excluding hydrogens is 340 g/mol. The zero-order valence-electron chi connectivity index (χ0n) is 14.1. The number of aliphatic hydroxyl groups is 1. The first-order valence-corrected chi connectivity index (χ1v) is 8.41. The van der Waals surface area contributed by atoms with Crippen LogP contribution in [0.1, 0.15) is 24.8 Å². The van der Waals surface area contributed by atoms with E-state index >= 15 is 0 Å². The van der Waals surface area contributed by atoms with E-state index in [0.29, 0.717) is 6.10 Å². The van der Waals surface area contributed by atoms with Gasteiger partial charge in [0.1, 0.15) is 23.6 Å². The highest BCUT2D eigenvalue weighted by atomic mass is 16.5. The molecule has 1 aromatic carbocycles. The van der Waals surface area contributed by atoms with Gasteiger partial charge in [0.25, 0.3) is 11.8 Å². The fraction of sp³-hybridized carbons (Fsp3) is 0.389. The lowest BCUT2D eigenvalue weighted by Gasteiger charge is -2.28. The zero-order chi connectivity index (χ0) is 18.7. The van der Waals surface area contributed by atoms with Gasteiger partial charge in [-0.3, -0.25) is 14.4 Å². The van der Waals surface area contributed by atoms with Gasteiger partial charge in [-0.25, -0.2) is 0 Å². The third-order valence-electron chi connectivity index (χ3n) is 4.16. The van der Waals surface area contributed by atoms with E-state index in [1.807, 2.05) is 24.3 Å². The molecule has 3 N–H and O–H groups in total. The van der Waals surface area contributed by atoms with E-state index in [9.17, 15) is 19.5 Å².